The first-order valence-corrected chi connectivity index (χ1v) is 19.2. The zero-order chi connectivity index (χ0) is 37.7. The number of furan rings is 1. The number of benzene rings is 8. The summed E-state index contributed by atoms with van der Waals surface area (Å²) < 4.78 is 6.82. The van der Waals surface area contributed by atoms with Gasteiger partial charge < -0.3 is 4.42 Å². The van der Waals surface area contributed by atoms with Crippen molar-refractivity contribution in [3.8, 4) is 67.4 Å². The molecule has 0 aliphatic rings. The van der Waals surface area contributed by atoms with Crippen molar-refractivity contribution in [2.75, 3.05) is 0 Å². The average molecular weight is 728 g/mol. The van der Waals surface area contributed by atoms with Crippen molar-refractivity contribution in [1.82, 2.24) is 15.0 Å². The zero-order valence-corrected chi connectivity index (χ0v) is 30.8. The molecule has 0 bridgehead atoms. The van der Waals surface area contributed by atoms with Crippen molar-refractivity contribution in [3.05, 3.63) is 200 Å². The fourth-order valence-electron chi connectivity index (χ4n) is 8.17. The number of hydrogen-bond donors (Lipinski definition) is 0. The third-order valence-corrected chi connectivity index (χ3v) is 10.9. The van der Waals surface area contributed by atoms with Gasteiger partial charge in [0.05, 0.1) is 22.6 Å². The van der Waals surface area contributed by atoms with Crippen LogP contribution >= 0.6 is 0 Å². The molecule has 3 aromatic heterocycles. The van der Waals surface area contributed by atoms with E-state index in [-0.39, 0.29) is 0 Å². The van der Waals surface area contributed by atoms with Crippen molar-refractivity contribution < 1.29 is 4.42 Å². The number of pyridine rings is 1. The van der Waals surface area contributed by atoms with Gasteiger partial charge in [-0.25, -0.2) is 15.0 Å². The number of aromatic nitrogens is 3. The van der Waals surface area contributed by atoms with E-state index >= 15 is 0 Å². The summed E-state index contributed by atoms with van der Waals surface area (Å²) in [6.07, 6.45) is 0. The molecule has 0 atom stereocenters. The summed E-state index contributed by atoms with van der Waals surface area (Å²) in [6.45, 7) is 0. The minimum atomic E-state index is 0.701. The van der Waals surface area contributed by atoms with Crippen molar-refractivity contribution in [1.29, 1.82) is 0 Å². The molecule has 3 heterocycles. The summed E-state index contributed by atoms with van der Waals surface area (Å²) in [5, 5.41) is 5.58. The van der Waals surface area contributed by atoms with E-state index in [1.54, 1.807) is 0 Å². The van der Waals surface area contributed by atoms with Gasteiger partial charge in [0.15, 0.2) is 5.82 Å². The van der Waals surface area contributed by atoms with E-state index < -0.39 is 0 Å². The van der Waals surface area contributed by atoms with Crippen LogP contribution in [0.2, 0.25) is 0 Å². The third-order valence-electron chi connectivity index (χ3n) is 10.9. The lowest BCUT2D eigenvalue weighted by Crippen LogP contribution is -1.96. The van der Waals surface area contributed by atoms with Gasteiger partial charge in [-0.1, -0.05) is 164 Å². The fraction of sp³-hybridized carbons (Fsp3) is 0. The van der Waals surface area contributed by atoms with Crippen molar-refractivity contribution in [2.24, 2.45) is 0 Å². The van der Waals surface area contributed by atoms with Gasteiger partial charge in [0.25, 0.3) is 0 Å². The van der Waals surface area contributed by atoms with Gasteiger partial charge in [-0.2, -0.15) is 0 Å². The quantitative estimate of drug-likeness (QED) is 0.160. The van der Waals surface area contributed by atoms with Crippen LogP contribution in [0.1, 0.15) is 0 Å². The molecule has 4 heteroatoms. The minimum absolute atomic E-state index is 0.701. The molecule has 0 aliphatic carbocycles. The Balaban J connectivity index is 1.04. The summed E-state index contributed by atoms with van der Waals surface area (Å²) in [7, 11) is 0. The molecular weight excluding hydrogens is 695 g/mol. The van der Waals surface area contributed by atoms with Crippen molar-refractivity contribution >= 4 is 43.6 Å². The molecular formula is C53H33N3O. The van der Waals surface area contributed by atoms with Crippen LogP contribution in [-0.2, 0) is 0 Å². The van der Waals surface area contributed by atoms with E-state index in [0.717, 1.165) is 105 Å². The molecule has 11 rings (SSSR count). The molecule has 0 saturated heterocycles. The van der Waals surface area contributed by atoms with E-state index in [0.29, 0.717) is 5.82 Å². The lowest BCUT2D eigenvalue weighted by molar-refractivity contribution is 0.670. The third kappa shape index (κ3) is 5.74. The molecule has 57 heavy (non-hydrogen) atoms. The summed E-state index contributed by atoms with van der Waals surface area (Å²) in [5.41, 5.74) is 13.9. The van der Waals surface area contributed by atoms with E-state index in [1.165, 1.54) is 0 Å². The van der Waals surface area contributed by atoms with Gasteiger partial charge in [0, 0.05) is 54.7 Å². The Morgan fingerprint density at radius 3 is 1.65 bits per heavy atom. The van der Waals surface area contributed by atoms with Crippen LogP contribution in [-0.4, -0.2) is 15.0 Å². The Kier molecular flexibility index (Phi) is 7.78. The first-order chi connectivity index (χ1) is 28.2. The highest BCUT2D eigenvalue weighted by atomic mass is 16.3. The molecule has 266 valence electrons. The Morgan fingerprint density at radius 1 is 0.333 bits per heavy atom. The highest BCUT2D eigenvalue weighted by Crippen LogP contribution is 2.44. The smallest absolute Gasteiger partial charge is 0.160 e. The van der Waals surface area contributed by atoms with E-state index in [4.69, 9.17) is 19.4 Å². The predicted molar refractivity (Wildman–Crippen MR) is 235 cm³/mol. The number of fused-ring (bicyclic) bond motifs is 7. The number of nitrogens with zero attached hydrogens (tertiary/aromatic N) is 3. The second-order valence-electron chi connectivity index (χ2n) is 14.3. The Morgan fingerprint density at radius 2 is 0.895 bits per heavy atom. The molecule has 0 unspecified atom stereocenters. The van der Waals surface area contributed by atoms with Gasteiger partial charge in [-0.3, -0.25) is 0 Å². The fourth-order valence-corrected chi connectivity index (χ4v) is 8.17. The lowest BCUT2D eigenvalue weighted by Gasteiger charge is -2.11. The second-order valence-corrected chi connectivity index (χ2v) is 14.3. The van der Waals surface area contributed by atoms with Gasteiger partial charge in [0.1, 0.15) is 11.2 Å². The average Bonchev–Trinajstić information content (AvgIpc) is 3.69. The summed E-state index contributed by atoms with van der Waals surface area (Å²) in [5.74, 6) is 0.701. The molecule has 0 saturated carbocycles. The van der Waals surface area contributed by atoms with Crippen LogP contribution in [0.25, 0.3) is 111 Å². The molecule has 0 aliphatic heterocycles. The van der Waals surface area contributed by atoms with E-state index in [2.05, 4.69) is 158 Å². The van der Waals surface area contributed by atoms with Crippen LogP contribution in [0.3, 0.4) is 0 Å². The summed E-state index contributed by atoms with van der Waals surface area (Å²) in [6, 6.07) is 69.5. The largest absolute Gasteiger partial charge is 0.455 e. The van der Waals surface area contributed by atoms with Crippen LogP contribution in [0.15, 0.2) is 205 Å². The van der Waals surface area contributed by atoms with Crippen LogP contribution in [0, 0.1) is 0 Å². The standard InChI is InChI=1S/C53H33N3O/c1-4-15-34(16-5-1)46-33-47(56-53(55-46)36-19-8-3-9-20-36)40-24-13-22-38(32-40)37-21-12-23-39(31-37)41-26-14-27-44-50-48(57-52(41)44)30-29-43-49(50)42-25-10-11-28-45(42)54-51(43)35-17-6-2-7-18-35/h1-33H. The highest BCUT2D eigenvalue weighted by molar-refractivity contribution is 6.29. The molecule has 4 nitrogen and oxygen atoms in total. The maximum absolute atomic E-state index is 6.82. The monoisotopic (exact) mass is 727 g/mol. The molecule has 0 N–H and O–H groups in total. The molecule has 0 spiro atoms. The summed E-state index contributed by atoms with van der Waals surface area (Å²) >= 11 is 0. The maximum atomic E-state index is 6.82. The lowest BCUT2D eigenvalue weighted by atomic mass is 9.94. The zero-order valence-electron chi connectivity index (χ0n) is 30.8. The molecule has 0 radical (unpaired) electrons. The van der Waals surface area contributed by atoms with Crippen molar-refractivity contribution in [3.63, 3.8) is 0 Å². The second kappa shape index (κ2) is 13.6. The Labute approximate surface area is 329 Å². The van der Waals surface area contributed by atoms with E-state index in [9.17, 15) is 0 Å². The first kappa shape index (κ1) is 32.7. The molecule has 11 aromatic rings. The van der Waals surface area contributed by atoms with Gasteiger partial charge in [-0.05, 0) is 53.1 Å². The van der Waals surface area contributed by atoms with Gasteiger partial charge >= 0.3 is 0 Å². The van der Waals surface area contributed by atoms with Crippen LogP contribution in [0.4, 0.5) is 0 Å². The molecule has 8 aromatic carbocycles. The first-order valence-electron chi connectivity index (χ1n) is 19.2. The Bertz CT molecular complexity index is 3220. The normalized spacial score (nSPS) is 11.5. The number of para-hydroxylation sites is 2. The van der Waals surface area contributed by atoms with E-state index in [1.807, 2.05) is 42.5 Å². The molecule has 0 amide bonds. The van der Waals surface area contributed by atoms with Crippen LogP contribution in [0.5, 0.6) is 0 Å². The van der Waals surface area contributed by atoms with Crippen molar-refractivity contribution in [2.45, 2.75) is 0 Å². The highest BCUT2D eigenvalue weighted by Gasteiger charge is 2.19. The number of rotatable bonds is 6. The minimum Gasteiger partial charge on any atom is -0.455 e. The van der Waals surface area contributed by atoms with Gasteiger partial charge in [0.2, 0.25) is 0 Å². The predicted octanol–water partition coefficient (Wildman–Crippen LogP) is 14.1. The van der Waals surface area contributed by atoms with Gasteiger partial charge in [-0.15, -0.1) is 0 Å². The SMILES string of the molecule is c1ccc(-c2cc(-c3cccc(-c4cccc(-c5cccc6c5oc5ccc7c(-c8ccccc8)nc8ccccc8c7c56)c4)c3)nc(-c3ccccc3)n2)cc1. The molecule has 0 fully saturated rings. The summed E-state index contributed by atoms with van der Waals surface area (Å²) in [4.78, 5) is 15.3. The topological polar surface area (TPSA) is 51.8 Å². The van der Waals surface area contributed by atoms with Crippen LogP contribution < -0.4 is 0 Å². The Hall–Kier alpha value is -7.69. The number of hydrogen-bond acceptors (Lipinski definition) is 4. The maximum Gasteiger partial charge on any atom is 0.160 e.